The van der Waals surface area contributed by atoms with Crippen LogP contribution < -0.4 is 4.72 Å². The van der Waals surface area contributed by atoms with E-state index in [-0.39, 0.29) is 33.2 Å². The molecule has 0 unspecified atom stereocenters. The molecule has 4 aromatic carbocycles. The standard InChI is InChI=1S/C27H19NO4S/c29-26-21-13-7-8-14-22(21)27(30)24-17-20(15-16-23(24)26)33(31,32)28-25(18-9-3-1-4-10-18)19-11-5-2-6-12-19/h1-17,25,28H. The third-order valence-corrected chi connectivity index (χ3v) is 7.17. The molecular weight excluding hydrogens is 434 g/mol. The van der Waals surface area contributed by atoms with Crippen LogP contribution in [-0.2, 0) is 10.0 Å². The molecule has 5 nitrogen and oxygen atoms in total. The molecule has 1 aliphatic carbocycles. The van der Waals surface area contributed by atoms with Gasteiger partial charge in [-0.3, -0.25) is 9.59 Å². The SMILES string of the molecule is O=C1c2ccccc2C(=O)c2cc(S(=O)(=O)NC(c3ccccc3)c3ccccc3)ccc21. The van der Waals surface area contributed by atoms with Crippen LogP contribution in [0.5, 0.6) is 0 Å². The minimum absolute atomic E-state index is 0.0707. The molecule has 1 aliphatic rings. The largest absolute Gasteiger partial charge is 0.289 e. The van der Waals surface area contributed by atoms with Gasteiger partial charge < -0.3 is 0 Å². The fraction of sp³-hybridized carbons (Fsp3) is 0.0370. The summed E-state index contributed by atoms with van der Waals surface area (Å²) in [5.74, 6) is -0.650. The Kier molecular flexibility index (Phi) is 5.24. The molecule has 0 spiro atoms. The van der Waals surface area contributed by atoms with Crippen molar-refractivity contribution in [3.8, 4) is 0 Å². The molecule has 1 N–H and O–H groups in total. The monoisotopic (exact) mass is 453 g/mol. The summed E-state index contributed by atoms with van der Waals surface area (Å²) in [6.45, 7) is 0. The number of carbonyl (C=O) groups is 2. The Morgan fingerprint density at radius 1 is 0.545 bits per heavy atom. The molecule has 33 heavy (non-hydrogen) atoms. The Balaban J connectivity index is 1.55. The van der Waals surface area contributed by atoms with Gasteiger partial charge in [0.25, 0.3) is 0 Å². The maximum absolute atomic E-state index is 13.4. The van der Waals surface area contributed by atoms with Gasteiger partial charge >= 0.3 is 0 Å². The van der Waals surface area contributed by atoms with E-state index in [1.165, 1.54) is 18.2 Å². The molecule has 0 aromatic heterocycles. The number of hydrogen-bond donors (Lipinski definition) is 1. The fourth-order valence-corrected chi connectivity index (χ4v) is 5.33. The van der Waals surface area contributed by atoms with Gasteiger partial charge in [-0.05, 0) is 29.3 Å². The van der Waals surface area contributed by atoms with Gasteiger partial charge in [0.1, 0.15) is 0 Å². The Morgan fingerprint density at radius 3 is 1.55 bits per heavy atom. The van der Waals surface area contributed by atoms with Gasteiger partial charge in [-0.15, -0.1) is 0 Å². The summed E-state index contributed by atoms with van der Waals surface area (Å²) in [5.41, 5.74) is 2.48. The highest BCUT2D eigenvalue weighted by Crippen LogP contribution is 2.30. The Bertz CT molecular complexity index is 1440. The average Bonchev–Trinajstić information content (AvgIpc) is 2.86. The van der Waals surface area contributed by atoms with Crippen molar-refractivity contribution in [1.82, 2.24) is 4.72 Å². The highest BCUT2D eigenvalue weighted by molar-refractivity contribution is 7.89. The summed E-state index contributed by atoms with van der Waals surface area (Å²) >= 11 is 0. The molecule has 5 rings (SSSR count). The lowest BCUT2D eigenvalue weighted by Crippen LogP contribution is -2.30. The van der Waals surface area contributed by atoms with Crippen LogP contribution in [0.2, 0.25) is 0 Å². The third kappa shape index (κ3) is 3.80. The second-order valence-corrected chi connectivity index (χ2v) is 9.50. The first-order chi connectivity index (χ1) is 16.0. The van der Waals surface area contributed by atoms with Crippen molar-refractivity contribution in [2.45, 2.75) is 10.9 Å². The van der Waals surface area contributed by atoms with Crippen LogP contribution in [0, 0.1) is 0 Å². The predicted octanol–water partition coefficient (Wildman–Crippen LogP) is 4.53. The van der Waals surface area contributed by atoms with Crippen LogP contribution in [0.15, 0.2) is 108 Å². The summed E-state index contributed by atoms with van der Waals surface area (Å²) in [7, 11) is -4.02. The Morgan fingerprint density at radius 2 is 1.00 bits per heavy atom. The Hall–Kier alpha value is -3.87. The highest BCUT2D eigenvalue weighted by Gasteiger charge is 2.31. The zero-order valence-electron chi connectivity index (χ0n) is 17.4. The lowest BCUT2D eigenvalue weighted by atomic mass is 9.84. The second kappa shape index (κ2) is 8.24. The lowest BCUT2D eigenvalue weighted by molar-refractivity contribution is 0.0979. The lowest BCUT2D eigenvalue weighted by Gasteiger charge is -2.21. The molecular formula is C27H19NO4S. The molecule has 162 valence electrons. The first-order valence-corrected chi connectivity index (χ1v) is 11.9. The predicted molar refractivity (Wildman–Crippen MR) is 125 cm³/mol. The van der Waals surface area contributed by atoms with E-state index in [0.29, 0.717) is 5.56 Å². The van der Waals surface area contributed by atoms with E-state index in [1.54, 1.807) is 24.3 Å². The molecule has 0 saturated heterocycles. The van der Waals surface area contributed by atoms with Crippen molar-refractivity contribution >= 4 is 21.6 Å². The maximum atomic E-state index is 13.4. The molecule has 6 heteroatoms. The van der Waals surface area contributed by atoms with E-state index < -0.39 is 16.1 Å². The summed E-state index contributed by atoms with van der Waals surface area (Å²) in [5, 5.41) is 0. The number of fused-ring (bicyclic) bond motifs is 2. The molecule has 0 radical (unpaired) electrons. The molecule has 0 aliphatic heterocycles. The molecule has 0 heterocycles. The third-order valence-electron chi connectivity index (χ3n) is 5.75. The zero-order valence-corrected chi connectivity index (χ0v) is 18.3. The van der Waals surface area contributed by atoms with Crippen LogP contribution in [0.3, 0.4) is 0 Å². The van der Waals surface area contributed by atoms with Crippen molar-refractivity contribution in [2.24, 2.45) is 0 Å². The number of carbonyl (C=O) groups excluding carboxylic acids is 2. The molecule has 0 amide bonds. The topological polar surface area (TPSA) is 80.3 Å². The average molecular weight is 454 g/mol. The number of hydrogen-bond acceptors (Lipinski definition) is 4. The number of ketones is 2. The number of benzene rings is 4. The van der Waals surface area contributed by atoms with Gasteiger partial charge in [-0.25, -0.2) is 8.42 Å². The van der Waals surface area contributed by atoms with E-state index in [0.717, 1.165) is 11.1 Å². The van der Waals surface area contributed by atoms with E-state index in [4.69, 9.17) is 0 Å². The van der Waals surface area contributed by atoms with Gasteiger partial charge in [-0.2, -0.15) is 4.72 Å². The number of sulfonamides is 1. The van der Waals surface area contributed by atoms with Crippen LogP contribution >= 0.6 is 0 Å². The maximum Gasteiger partial charge on any atom is 0.241 e. The molecule has 0 atom stereocenters. The van der Waals surface area contributed by atoms with Crippen LogP contribution in [-0.4, -0.2) is 20.0 Å². The smallest absolute Gasteiger partial charge is 0.241 e. The first kappa shape index (κ1) is 21.0. The van der Waals surface area contributed by atoms with Crippen molar-refractivity contribution in [3.05, 3.63) is 137 Å². The molecule has 4 aromatic rings. The number of rotatable bonds is 5. The van der Waals surface area contributed by atoms with Crippen molar-refractivity contribution in [3.63, 3.8) is 0 Å². The normalized spacial score (nSPS) is 13.0. The van der Waals surface area contributed by atoms with E-state index in [1.807, 2.05) is 60.7 Å². The summed E-state index contributed by atoms with van der Waals surface area (Å²) < 4.78 is 29.6. The summed E-state index contributed by atoms with van der Waals surface area (Å²) in [6, 6.07) is 28.6. The van der Waals surface area contributed by atoms with Gasteiger partial charge in [0.05, 0.1) is 10.9 Å². The minimum atomic E-state index is -4.02. The van der Waals surface area contributed by atoms with E-state index in [9.17, 15) is 18.0 Å². The molecule has 0 bridgehead atoms. The first-order valence-electron chi connectivity index (χ1n) is 10.4. The van der Waals surface area contributed by atoms with E-state index in [2.05, 4.69) is 4.72 Å². The number of nitrogens with one attached hydrogen (secondary N) is 1. The van der Waals surface area contributed by atoms with Gasteiger partial charge in [-0.1, -0.05) is 84.9 Å². The van der Waals surface area contributed by atoms with Crippen molar-refractivity contribution in [2.75, 3.05) is 0 Å². The quantitative estimate of drug-likeness (QED) is 0.424. The zero-order chi connectivity index (χ0) is 23.0. The molecule has 0 saturated carbocycles. The summed E-state index contributed by atoms with van der Waals surface area (Å²) in [6.07, 6.45) is 0. The summed E-state index contributed by atoms with van der Waals surface area (Å²) in [4.78, 5) is 25.8. The van der Waals surface area contributed by atoms with Crippen molar-refractivity contribution in [1.29, 1.82) is 0 Å². The minimum Gasteiger partial charge on any atom is -0.289 e. The van der Waals surface area contributed by atoms with Gasteiger partial charge in [0.15, 0.2) is 11.6 Å². The highest BCUT2D eigenvalue weighted by atomic mass is 32.2. The van der Waals surface area contributed by atoms with E-state index >= 15 is 0 Å². The van der Waals surface area contributed by atoms with Gasteiger partial charge in [0, 0.05) is 22.3 Å². The second-order valence-electron chi connectivity index (χ2n) is 7.79. The Labute approximate surface area is 191 Å². The van der Waals surface area contributed by atoms with Crippen LogP contribution in [0.25, 0.3) is 0 Å². The van der Waals surface area contributed by atoms with Gasteiger partial charge in [0.2, 0.25) is 10.0 Å². The fourth-order valence-electron chi connectivity index (χ4n) is 4.09. The molecule has 0 fully saturated rings. The van der Waals surface area contributed by atoms with Crippen LogP contribution in [0.1, 0.15) is 49.0 Å². The van der Waals surface area contributed by atoms with Crippen LogP contribution in [0.4, 0.5) is 0 Å². The van der Waals surface area contributed by atoms with Crippen molar-refractivity contribution < 1.29 is 18.0 Å².